The van der Waals surface area contributed by atoms with Crippen LogP contribution in [0.1, 0.15) is 6.92 Å². The fourth-order valence-corrected chi connectivity index (χ4v) is 1.40. The second-order valence-electron chi connectivity index (χ2n) is 3.61. The molecule has 2 aromatic rings. The summed E-state index contributed by atoms with van der Waals surface area (Å²) in [4.78, 5) is 11.9. The molecule has 2 rings (SSSR count). The maximum atomic E-state index is 11.9. The molecule has 82 valence electrons. The molecule has 0 bridgehead atoms. The van der Waals surface area contributed by atoms with Crippen LogP contribution < -0.4 is 5.56 Å². The molecule has 2 heterocycles. The molecule has 1 unspecified atom stereocenters. The van der Waals surface area contributed by atoms with Gasteiger partial charge in [-0.1, -0.05) is 5.21 Å². The van der Waals surface area contributed by atoms with Gasteiger partial charge < -0.3 is 0 Å². The maximum absolute atomic E-state index is 11.9. The number of hydrogen-bond acceptors (Lipinski definition) is 5. The van der Waals surface area contributed by atoms with Crippen molar-refractivity contribution in [1.29, 1.82) is 5.26 Å². The third-order valence-electron chi connectivity index (χ3n) is 2.29. The molecule has 0 N–H and O–H groups in total. The molecular weight excluding hydrogens is 208 g/mol. The van der Waals surface area contributed by atoms with Crippen molar-refractivity contribution in [1.82, 2.24) is 24.8 Å². The van der Waals surface area contributed by atoms with Crippen LogP contribution in [0, 0.1) is 17.2 Å². The van der Waals surface area contributed by atoms with Crippen LogP contribution >= 0.6 is 0 Å². The van der Waals surface area contributed by atoms with Gasteiger partial charge in [0.15, 0.2) is 5.65 Å². The van der Waals surface area contributed by atoms with E-state index in [1.807, 2.05) is 6.07 Å². The second-order valence-corrected chi connectivity index (χ2v) is 3.61. The van der Waals surface area contributed by atoms with Gasteiger partial charge in [-0.25, -0.2) is 9.36 Å². The molecule has 0 aromatic carbocycles. The second kappa shape index (κ2) is 3.73. The lowest BCUT2D eigenvalue weighted by atomic mass is 10.2. The third-order valence-corrected chi connectivity index (χ3v) is 2.29. The van der Waals surface area contributed by atoms with Gasteiger partial charge in [0.2, 0.25) is 0 Å². The van der Waals surface area contributed by atoms with E-state index in [1.165, 1.54) is 15.6 Å². The normalized spacial score (nSPS) is 12.6. The smallest absolute Gasteiger partial charge is 0.267 e. The molecule has 16 heavy (non-hydrogen) atoms. The number of fused-ring (bicyclic) bond motifs is 1. The Morgan fingerprint density at radius 1 is 1.62 bits per heavy atom. The first-order valence-electron chi connectivity index (χ1n) is 4.78. The fourth-order valence-electron chi connectivity index (χ4n) is 1.40. The molecule has 1 atom stereocenters. The minimum absolute atomic E-state index is 0.243. The largest absolute Gasteiger partial charge is 0.280 e. The first-order valence-corrected chi connectivity index (χ1v) is 4.78. The Labute approximate surface area is 90.9 Å². The van der Waals surface area contributed by atoms with Crippen LogP contribution in [0.2, 0.25) is 0 Å². The molecule has 0 fully saturated rings. The minimum atomic E-state index is -0.277. The molecule has 0 saturated heterocycles. The van der Waals surface area contributed by atoms with E-state index in [0.717, 1.165) is 0 Å². The molecule has 7 nitrogen and oxygen atoms in total. The average Bonchev–Trinajstić information content (AvgIpc) is 2.65. The Hall–Kier alpha value is -2.23. The molecule has 0 amide bonds. The summed E-state index contributed by atoms with van der Waals surface area (Å²) >= 11 is 0. The standard InChI is InChI=1S/C9H10N6O/c1-6(3-10)5-15-9(16)7-4-11-14(2)8(7)12-13-15/h4,6H,5H2,1-2H3. The van der Waals surface area contributed by atoms with Gasteiger partial charge >= 0.3 is 0 Å². The lowest BCUT2D eigenvalue weighted by molar-refractivity contribution is 0.484. The SMILES string of the molecule is CC(C#N)Cn1nnc2c(cnn2C)c1=O. The predicted molar refractivity (Wildman–Crippen MR) is 55.3 cm³/mol. The summed E-state index contributed by atoms with van der Waals surface area (Å²) in [6.07, 6.45) is 1.46. The van der Waals surface area contributed by atoms with E-state index < -0.39 is 0 Å². The van der Waals surface area contributed by atoms with Crippen LogP contribution in [0.4, 0.5) is 0 Å². The highest BCUT2D eigenvalue weighted by Gasteiger charge is 2.11. The van der Waals surface area contributed by atoms with Gasteiger partial charge in [0.1, 0.15) is 5.39 Å². The molecule has 0 aliphatic rings. The molecular formula is C9H10N6O. The molecule has 0 spiro atoms. The van der Waals surface area contributed by atoms with E-state index in [2.05, 4.69) is 15.4 Å². The molecule has 2 aromatic heterocycles. The Morgan fingerprint density at radius 2 is 2.38 bits per heavy atom. The first-order chi connectivity index (χ1) is 7.63. The zero-order valence-electron chi connectivity index (χ0n) is 8.95. The molecule has 0 aliphatic carbocycles. The lowest BCUT2D eigenvalue weighted by Crippen LogP contribution is -2.26. The van der Waals surface area contributed by atoms with Crippen molar-refractivity contribution in [2.24, 2.45) is 13.0 Å². The van der Waals surface area contributed by atoms with Crippen molar-refractivity contribution in [3.63, 3.8) is 0 Å². The van der Waals surface area contributed by atoms with E-state index in [9.17, 15) is 4.79 Å². The van der Waals surface area contributed by atoms with Crippen molar-refractivity contribution >= 4 is 11.0 Å². The zero-order chi connectivity index (χ0) is 11.7. The van der Waals surface area contributed by atoms with Gasteiger partial charge in [-0.3, -0.25) is 4.79 Å². The van der Waals surface area contributed by atoms with E-state index in [1.54, 1.807) is 14.0 Å². The van der Waals surface area contributed by atoms with Crippen LogP contribution in [0.25, 0.3) is 11.0 Å². The summed E-state index contributed by atoms with van der Waals surface area (Å²) in [6.45, 7) is 1.97. The average molecular weight is 218 g/mol. The number of nitriles is 1. The van der Waals surface area contributed by atoms with Crippen LogP contribution in [0.5, 0.6) is 0 Å². The Morgan fingerprint density at radius 3 is 3.06 bits per heavy atom. The van der Waals surface area contributed by atoms with Crippen LogP contribution in [-0.2, 0) is 13.6 Å². The van der Waals surface area contributed by atoms with Crippen LogP contribution in [0.3, 0.4) is 0 Å². The Bertz CT molecular complexity index is 619. The number of aromatic nitrogens is 5. The third kappa shape index (κ3) is 1.54. The highest BCUT2D eigenvalue weighted by molar-refractivity contribution is 5.72. The van der Waals surface area contributed by atoms with Crippen molar-refractivity contribution in [3.05, 3.63) is 16.6 Å². The van der Waals surface area contributed by atoms with Crippen molar-refractivity contribution < 1.29 is 0 Å². The topological polar surface area (TPSA) is 89.4 Å². The summed E-state index contributed by atoms with van der Waals surface area (Å²) in [7, 11) is 1.69. The maximum Gasteiger partial charge on any atom is 0.280 e. The number of nitrogens with zero attached hydrogens (tertiary/aromatic N) is 6. The van der Waals surface area contributed by atoms with Gasteiger partial charge in [0, 0.05) is 7.05 Å². The van der Waals surface area contributed by atoms with Crippen LogP contribution in [-0.4, -0.2) is 24.8 Å². The number of rotatable bonds is 2. The zero-order valence-corrected chi connectivity index (χ0v) is 8.95. The predicted octanol–water partition coefficient (Wildman–Crippen LogP) is -0.315. The summed E-state index contributed by atoms with van der Waals surface area (Å²) < 4.78 is 2.68. The monoisotopic (exact) mass is 218 g/mol. The summed E-state index contributed by atoms with van der Waals surface area (Å²) in [6, 6.07) is 2.05. The van der Waals surface area contributed by atoms with Crippen molar-refractivity contribution in [3.8, 4) is 6.07 Å². The highest BCUT2D eigenvalue weighted by Crippen LogP contribution is 2.02. The Balaban J connectivity index is 2.54. The molecule has 0 saturated carbocycles. The molecule has 0 radical (unpaired) electrons. The van der Waals surface area contributed by atoms with E-state index in [-0.39, 0.29) is 18.0 Å². The van der Waals surface area contributed by atoms with Crippen LogP contribution in [0.15, 0.2) is 11.0 Å². The van der Waals surface area contributed by atoms with Gasteiger partial charge in [-0.2, -0.15) is 10.4 Å². The summed E-state index contributed by atoms with van der Waals surface area (Å²) in [5.41, 5.74) is 0.186. The quantitative estimate of drug-likeness (QED) is 0.689. The van der Waals surface area contributed by atoms with E-state index in [4.69, 9.17) is 5.26 Å². The highest BCUT2D eigenvalue weighted by atomic mass is 16.1. The van der Waals surface area contributed by atoms with Crippen molar-refractivity contribution in [2.75, 3.05) is 0 Å². The van der Waals surface area contributed by atoms with Gasteiger partial charge in [0.05, 0.1) is 24.7 Å². The van der Waals surface area contributed by atoms with Gasteiger partial charge in [-0.05, 0) is 6.92 Å². The fraction of sp³-hybridized carbons (Fsp3) is 0.444. The Kier molecular flexibility index (Phi) is 2.40. The van der Waals surface area contributed by atoms with Gasteiger partial charge in [-0.15, -0.1) is 5.10 Å². The van der Waals surface area contributed by atoms with E-state index >= 15 is 0 Å². The van der Waals surface area contributed by atoms with E-state index in [0.29, 0.717) is 11.0 Å². The van der Waals surface area contributed by atoms with Gasteiger partial charge in [0.25, 0.3) is 5.56 Å². The van der Waals surface area contributed by atoms with Crippen molar-refractivity contribution in [2.45, 2.75) is 13.5 Å². The minimum Gasteiger partial charge on any atom is -0.267 e. The molecule has 7 heteroatoms. The lowest BCUT2D eigenvalue weighted by Gasteiger charge is -2.03. The number of aryl methyl sites for hydroxylation is 1. The first kappa shape index (κ1) is 10.3. The molecule has 0 aliphatic heterocycles. The number of hydrogen-bond donors (Lipinski definition) is 0. The summed E-state index contributed by atoms with van der Waals surface area (Å²) in [5, 5.41) is 20.7. The summed E-state index contributed by atoms with van der Waals surface area (Å²) in [5.74, 6) is -0.277.